The van der Waals surface area contributed by atoms with E-state index in [4.69, 9.17) is 11.6 Å². The minimum atomic E-state index is -0.448. The number of rotatable bonds is 5. The standard InChI is InChI=1S/C25H27ClN4O2/c1-15(2)25(32)28-13-18-7-8-21(26)20(10-18)24-29-22(11-23(31)30-24)19-9-17(12-27-14-19)6-5-16-3-4-16/h7-10,12,14-16,22,24,29H,3-4,11,13H2,1-2H3,(H,28,32)(H,30,31). The van der Waals surface area contributed by atoms with E-state index in [9.17, 15) is 9.59 Å². The van der Waals surface area contributed by atoms with Gasteiger partial charge < -0.3 is 10.6 Å². The van der Waals surface area contributed by atoms with Crippen molar-refractivity contribution in [2.45, 2.75) is 51.9 Å². The van der Waals surface area contributed by atoms with E-state index in [2.05, 4.69) is 32.8 Å². The van der Waals surface area contributed by atoms with Gasteiger partial charge in [-0.15, -0.1) is 0 Å². The van der Waals surface area contributed by atoms with Gasteiger partial charge in [0.15, 0.2) is 0 Å². The molecule has 2 aromatic rings. The molecule has 2 aliphatic rings. The van der Waals surface area contributed by atoms with Crippen molar-refractivity contribution in [2.24, 2.45) is 11.8 Å². The second-order valence-electron chi connectivity index (χ2n) is 8.70. The Kier molecular flexibility index (Phi) is 6.78. The van der Waals surface area contributed by atoms with Crippen LogP contribution in [0.25, 0.3) is 0 Å². The lowest BCUT2D eigenvalue weighted by molar-refractivity contribution is -0.125. The molecule has 1 saturated carbocycles. The Morgan fingerprint density at radius 1 is 1.28 bits per heavy atom. The van der Waals surface area contributed by atoms with E-state index in [1.54, 1.807) is 18.5 Å². The topological polar surface area (TPSA) is 83.1 Å². The molecule has 2 fully saturated rings. The van der Waals surface area contributed by atoms with Crippen LogP contribution in [0.5, 0.6) is 0 Å². The lowest BCUT2D eigenvalue weighted by Gasteiger charge is -2.32. The fraction of sp³-hybridized carbons (Fsp3) is 0.400. The van der Waals surface area contributed by atoms with Crippen molar-refractivity contribution < 1.29 is 9.59 Å². The molecule has 1 saturated heterocycles. The van der Waals surface area contributed by atoms with Crippen molar-refractivity contribution in [1.29, 1.82) is 0 Å². The van der Waals surface area contributed by atoms with Crippen molar-refractivity contribution in [1.82, 2.24) is 20.9 Å². The molecule has 1 aliphatic carbocycles. The molecule has 1 aromatic heterocycles. The fourth-order valence-electron chi connectivity index (χ4n) is 3.54. The number of amides is 2. The Bertz CT molecular complexity index is 1080. The lowest BCUT2D eigenvalue weighted by atomic mass is 9.98. The molecule has 4 rings (SSSR count). The van der Waals surface area contributed by atoms with Crippen LogP contribution in [0.2, 0.25) is 5.02 Å². The first-order valence-corrected chi connectivity index (χ1v) is 11.3. The summed E-state index contributed by atoms with van der Waals surface area (Å²) in [5, 5.41) is 9.91. The van der Waals surface area contributed by atoms with Gasteiger partial charge in [0.1, 0.15) is 6.17 Å². The number of benzene rings is 1. The number of carbonyl (C=O) groups is 2. The van der Waals surface area contributed by atoms with Crippen LogP contribution < -0.4 is 16.0 Å². The average Bonchev–Trinajstić information content (AvgIpc) is 3.61. The van der Waals surface area contributed by atoms with Crippen LogP contribution in [0.15, 0.2) is 36.7 Å². The van der Waals surface area contributed by atoms with Crippen LogP contribution >= 0.6 is 11.6 Å². The highest BCUT2D eigenvalue weighted by atomic mass is 35.5. The second kappa shape index (κ2) is 9.72. The molecule has 2 amide bonds. The van der Waals surface area contributed by atoms with Crippen LogP contribution in [-0.2, 0) is 16.1 Å². The van der Waals surface area contributed by atoms with E-state index in [1.165, 1.54) is 12.8 Å². The molecule has 2 atom stereocenters. The first-order valence-electron chi connectivity index (χ1n) is 11.0. The SMILES string of the molecule is CC(C)C(=O)NCc1ccc(Cl)c(C2NC(=O)CC(c3cncc(C#CC4CC4)c3)N2)c1. The molecule has 32 heavy (non-hydrogen) atoms. The maximum atomic E-state index is 12.5. The van der Waals surface area contributed by atoms with Gasteiger partial charge in [0.05, 0.1) is 0 Å². The number of carbonyl (C=O) groups excluding carboxylic acids is 2. The average molecular weight is 451 g/mol. The largest absolute Gasteiger partial charge is 0.352 e. The number of pyridine rings is 1. The number of nitrogens with zero attached hydrogens (tertiary/aromatic N) is 1. The quantitative estimate of drug-likeness (QED) is 0.607. The van der Waals surface area contributed by atoms with E-state index >= 15 is 0 Å². The third-order valence-corrected chi connectivity index (χ3v) is 5.93. The van der Waals surface area contributed by atoms with Gasteiger partial charge >= 0.3 is 0 Å². The molecular weight excluding hydrogens is 424 g/mol. The monoisotopic (exact) mass is 450 g/mol. The molecule has 7 heteroatoms. The fourth-order valence-corrected chi connectivity index (χ4v) is 3.76. The normalized spacial score (nSPS) is 20.3. The minimum absolute atomic E-state index is 0.0113. The molecular formula is C25H27ClN4O2. The van der Waals surface area contributed by atoms with E-state index in [1.807, 2.05) is 32.0 Å². The predicted octanol–water partition coefficient (Wildman–Crippen LogP) is 3.62. The van der Waals surface area contributed by atoms with E-state index in [0.29, 0.717) is 23.9 Å². The van der Waals surface area contributed by atoms with E-state index in [0.717, 1.165) is 22.3 Å². The molecule has 0 spiro atoms. The highest BCUT2D eigenvalue weighted by Crippen LogP contribution is 2.30. The summed E-state index contributed by atoms with van der Waals surface area (Å²) in [6.45, 7) is 4.11. The van der Waals surface area contributed by atoms with E-state index in [-0.39, 0.29) is 23.8 Å². The Hall–Kier alpha value is -2.88. The second-order valence-corrected chi connectivity index (χ2v) is 9.11. The Morgan fingerprint density at radius 2 is 2.09 bits per heavy atom. The van der Waals surface area contributed by atoms with Crippen LogP contribution in [0, 0.1) is 23.7 Å². The molecule has 0 bridgehead atoms. The van der Waals surface area contributed by atoms with Gasteiger partial charge in [0, 0.05) is 59.4 Å². The lowest BCUT2D eigenvalue weighted by Crippen LogP contribution is -2.46. The first kappa shape index (κ1) is 22.3. The van der Waals surface area contributed by atoms with Crippen LogP contribution in [-0.4, -0.2) is 16.8 Å². The molecule has 166 valence electrons. The molecule has 3 N–H and O–H groups in total. The molecule has 6 nitrogen and oxygen atoms in total. The van der Waals surface area contributed by atoms with Gasteiger partial charge in [-0.3, -0.25) is 19.9 Å². The third-order valence-electron chi connectivity index (χ3n) is 5.58. The summed E-state index contributed by atoms with van der Waals surface area (Å²) in [5.41, 5.74) is 3.46. The van der Waals surface area contributed by atoms with Gasteiger partial charge in [0.25, 0.3) is 0 Å². The zero-order chi connectivity index (χ0) is 22.7. The molecule has 1 aliphatic heterocycles. The maximum Gasteiger partial charge on any atom is 0.223 e. The van der Waals surface area contributed by atoms with Crippen molar-refractivity contribution in [3.05, 3.63) is 63.9 Å². The molecule has 0 radical (unpaired) electrons. The highest BCUT2D eigenvalue weighted by molar-refractivity contribution is 6.31. The number of hydrogen-bond acceptors (Lipinski definition) is 4. The van der Waals surface area contributed by atoms with Crippen molar-refractivity contribution in [2.75, 3.05) is 0 Å². The number of hydrogen-bond donors (Lipinski definition) is 3. The van der Waals surface area contributed by atoms with Gasteiger partial charge in [-0.25, -0.2) is 0 Å². The molecule has 2 heterocycles. The summed E-state index contributed by atoms with van der Waals surface area (Å²) >= 11 is 6.48. The zero-order valence-corrected chi connectivity index (χ0v) is 19.0. The summed E-state index contributed by atoms with van der Waals surface area (Å²) < 4.78 is 0. The van der Waals surface area contributed by atoms with Gasteiger partial charge in [-0.2, -0.15) is 0 Å². The minimum Gasteiger partial charge on any atom is -0.352 e. The van der Waals surface area contributed by atoms with Gasteiger partial charge in [-0.05, 0) is 42.2 Å². The van der Waals surface area contributed by atoms with E-state index < -0.39 is 6.17 Å². The van der Waals surface area contributed by atoms with Crippen molar-refractivity contribution >= 4 is 23.4 Å². The summed E-state index contributed by atoms with van der Waals surface area (Å²) in [6.07, 6.45) is 5.73. The highest BCUT2D eigenvalue weighted by Gasteiger charge is 2.29. The summed E-state index contributed by atoms with van der Waals surface area (Å²) in [7, 11) is 0. The zero-order valence-electron chi connectivity index (χ0n) is 18.2. The smallest absolute Gasteiger partial charge is 0.223 e. The number of halogens is 1. The van der Waals surface area contributed by atoms with Gasteiger partial charge in [-0.1, -0.05) is 43.4 Å². The van der Waals surface area contributed by atoms with Crippen molar-refractivity contribution in [3.8, 4) is 11.8 Å². The van der Waals surface area contributed by atoms with Crippen LogP contribution in [0.4, 0.5) is 0 Å². The first-order chi connectivity index (χ1) is 15.4. The summed E-state index contributed by atoms with van der Waals surface area (Å²) in [4.78, 5) is 28.8. The molecule has 2 unspecified atom stereocenters. The number of aromatic nitrogens is 1. The van der Waals surface area contributed by atoms with Crippen LogP contribution in [0.3, 0.4) is 0 Å². The van der Waals surface area contributed by atoms with Crippen molar-refractivity contribution in [3.63, 3.8) is 0 Å². The Labute approximate surface area is 193 Å². The van der Waals surface area contributed by atoms with Crippen LogP contribution in [0.1, 0.15) is 67.6 Å². The number of nitrogens with one attached hydrogen (secondary N) is 3. The predicted molar refractivity (Wildman–Crippen MR) is 123 cm³/mol. The summed E-state index contributed by atoms with van der Waals surface area (Å²) in [5.74, 6) is 6.79. The van der Waals surface area contributed by atoms with Gasteiger partial charge in [0.2, 0.25) is 11.8 Å². The Morgan fingerprint density at radius 3 is 2.84 bits per heavy atom. The summed E-state index contributed by atoms with van der Waals surface area (Å²) in [6, 6.07) is 7.37. The Balaban J connectivity index is 1.51. The maximum absolute atomic E-state index is 12.5. The third kappa shape index (κ3) is 5.67. The molecule has 1 aromatic carbocycles.